The minimum absolute atomic E-state index is 0.301. The van der Waals surface area contributed by atoms with Gasteiger partial charge in [0, 0.05) is 6.42 Å². The SMILES string of the molecule is CCCCC/C=C\C=C\[C@@H]1O[C@@H]1CCCCCCC(=O)O. The van der Waals surface area contributed by atoms with Gasteiger partial charge in [0.2, 0.25) is 0 Å². The van der Waals surface area contributed by atoms with Crippen molar-refractivity contribution in [2.24, 2.45) is 0 Å². The molecule has 1 aliphatic rings. The summed E-state index contributed by atoms with van der Waals surface area (Å²) in [6.07, 6.45) is 19.8. The summed E-state index contributed by atoms with van der Waals surface area (Å²) in [6, 6.07) is 0. The molecule has 0 spiro atoms. The van der Waals surface area contributed by atoms with Crippen molar-refractivity contribution in [3.8, 4) is 0 Å². The Morgan fingerprint density at radius 2 is 1.90 bits per heavy atom. The maximum absolute atomic E-state index is 10.4. The lowest BCUT2D eigenvalue weighted by Gasteiger charge is -1.97. The van der Waals surface area contributed by atoms with Crippen LogP contribution in [0.2, 0.25) is 0 Å². The molecule has 1 rings (SSSR count). The fourth-order valence-electron chi connectivity index (χ4n) is 2.39. The van der Waals surface area contributed by atoms with Crippen molar-refractivity contribution in [2.75, 3.05) is 0 Å². The van der Waals surface area contributed by atoms with Crippen LogP contribution in [0, 0.1) is 0 Å². The fourth-order valence-corrected chi connectivity index (χ4v) is 2.39. The molecule has 0 bridgehead atoms. The van der Waals surface area contributed by atoms with E-state index >= 15 is 0 Å². The van der Waals surface area contributed by atoms with Crippen LogP contribution in [-0.2, 0) is 9.53 Å². The highest BCUT2D eigenvalue weighted by molar-refractivity contribution is 5.66. The van der Waals surface area contributed by atoms with Crippen molar-refractivity contribution in [1.82, 2.24) is 0 Å². The van der Waals surface area contributed by atoms with Crippen molar-refractivity contribution in [2.45, 2.75) is 83.3 Å². The molecule has 3 nitrogen and oxygen atoms in total. The molecule has 1 heterocycles. The van der Waals surface area contributed by atoms with Gasteiger partial charge < -0.3 is 9.84 Å². The first-order valence-corrected chi connectivity index (χ1v) is 8.44. The summed E-state index contributed by atoms with van der Waals surface area (Å²) in [4.78, 5) is 10.4. The summed E-state index contributed by atoms with van der Waals surface area (Å²) >= 11 is 0. The van der Waals surface area contributed by atoms with Gasteiger partial charge in [-0.3, -0.25) is 4.79 Å². The van der Waals surface area contributed by atoms with Crippen molar-refractivity contribution >= 4 is 5.97 Å². The maximum Gasteiger partial charge on any atom is 0.303 e. The monoisotopic (exact) mass is 294 g/mol. The number of ether oxygens (including phenoxy) is 1. The van der Waals surface area contributed by atoms with Gasteiger partial charge in [-0.25, -0.2) is 0 Å². The van der Waals surface area contributed by atoms with E-state index in [4.69, 9.17) is 9.84 Å². The van der Waals surface area contributed by atoms with Gasteiger partial charge in [-0.1, -0.05) is 63.3 Å². The van der Waals surface area contributed by atoms with Crippen LogP contribution in [-0.4, -0.2) is 23.3 Å². The number of unbranched alkanes of at least 4 members (excludes halogenated alkanes) is 6. The minimum atomic E-state index is -0.687. The molecule has 0 aromatic carbocycles. The molecule has 0 radical (unpaired) electrons. The lowest BCUT2D eigenvalue weighted by molar-refractivity contribution is -0.137. The number of epoxide rings is 1. The van der Waals surface area contributed by atoms with E-state index < -0.39 is 5.97 Å². The average molecular weight is 294 g/mol. The van der Waals surface area contributed by atoms with Crippen LogP contribution in [0.1, 0.15) is 71.1 Å². The van der Waals surface area contributed by atoms with E-state index in [-0.39, 0.29) is 0 Å². The molecule has 0 unspecified atom stereocenters. The molecule has 3 heteroatoms. The van der Waals surface area contributed by atoms with Crippen molar-refractivity contribution in [1.29, 1.82) is 0 Å². The molecule has 2 atom stereocenters. The van der Waals surface area contributed by atoms with Gasteiger partial charge in [-0.2, -0.15) is 0 Å². The minimum Gasteiger partial charge on any atom is -0.481 e. The van der Waals surface area contributed by atoms with E-state index in [9.17, 15) is 4.79 Å². The highest BCUT2D eigenvalue weighted by Crippen LogP contribution is 2.28. The van der Waals surface area contributed by atoms with E-state index in [1.54, 1.807) is 0 Å². The van der Waals surface area contributed by atoms with Crippen LogP contribution in [0.25, 0.3) is 0 Å². The third kappa shape index (κ3) is 10.3. The van der Waals surface area contributed by atoms with Crippen LogP contribution in [0.3, 0.4) is 0 Å². The van der Waals surface area contributed by atoms with Crippen molar-refractivity contribution < 1.29 is 14.6 Å². The first-order chi connectivity index (χ1) is 10.2. The summed E-state index contributed by atoms with van der Waals surface area (Å²) < 4.78 is 5.59. The number of carbonyl (C=O) groups is 1. The Labute approximate surface area is 129 Å². The molecule has 0 aliphatic carbocycles. The van der Waals surface area contributed by atoms with Gasteiger partial charge in [0.15, 0.2) is 0 Å². The van der Waals surface area contributed by atoms with E-state index in [0.29, 0.717) is 18.6 Å². The Kier molecular flexibility index (Phi) is 9.88. The topological polar surface area (TPSA) is 49.8 Å². The average Bonchev–Trinajstić information content (AvgIpc) is 3.20. The molecular formula is C18H30O3. The van der Waals surface area contributed by atoms with Crippen molar-refractivity contribution in [3.05, 3.63) is 24.3 Å². The normalized spacial score (nSPS) is 21.4. The van der Waals surface area contributed by atoms with E-state index in [1.165, 1.54) is 25.7 Å². The molecule has 1 saturated heterocycles. The van der Waals surface area contributed by atoms with E-state index in [2.05, 4.69) is 31.2 Å². The van der Waals surface area contributed by atoms with Gasteiger partial charge >= 0.3 is 5.97 Å². The van der Waals surface area contributed by atoms with Crippen LogP contribution in [0.4, 0.5) is 0 Å². The zero-order valence-electron chi connectivity index (χ0n) is 13.3. The molecule has 1 fully saturated rings. The second kappa shape index (κ2) is 11.6. The molecule has 0 amide bonds. The summed E-state index contributed by atoms with van der Waals surface area (Å²) in [5.74, 6) is -0.687. The third-order valence-corrected chi connectivity index (χ3v) is 3.77. The van der Waals surface area contributed by atoms with Crippen LogP contribution < -0.4 is 0 Å². The molecule has 0 aromatic heterocycles. The first-order valence-electron chi connectivity index (χ1n) is 8.44. The van der Waals surface area contributed by atoms with Gasteiger partial charge in [0.05, 0.1) is 6.10 Å². The number of aliphatic carboxylic acids is 1. The largest absolute Gasteiger partial charge is 0.481 e. The van der Waals surface area contributed by atoms with Crippen LogP contribution in [0.15, 0.2) is 24.3 Å². The second-order valence-electron chi connectivity index (χ2n) is 5.79. The number of allylic oxidation sites excluding steroid dienone is 3. The molecule has 1 aliphatic heterocycles. The second-order valence-corrected chi connectivity index (χ2v) is 5.79. The Morgan fingerprint density at radius 3 is 2.67 bits per heavy atom. The number of rotatable bonds is 13. The first kappa shape index (κ1) is 18.0. The van der Waals surface area contributed by atoms with Gasteiger partial charge in [0.25, 0.3) is 0 Å². The van der Waals surface area contributed by atoms with Gasteiger partial charge in [0.1, 0.15) is 6.10 Å². The lowest BCUT2D eigenvalue weighted by Crippen LogP contribution is -1.94. The van der Waals surface area contributed by atoms with Crippen LogP contribution >= 0.6 is 0 Å². The highest BCUT2D eigenvalue weighted by atomic mass is 16.6. The molecule has 0 saturated carbocycles. The number of carboxylic acids is 1. The third-order valence-electron chi connectivity index (χ3n) is 3.77. The summed E-state index contributed by atoms with van der Waals surface area (Å²) in [5.41, 5.74) is 0. The Balaban J connectivity index is 1.91. The predicted molar refractivity (Wildman–Crippen MR) is 86.4 cm³/mol. The lowest BCUT2D eigenvalue weighted by atomic mass is 10.1. The van der Waals surface area contributed by atoms with Gasteiger partial charge in [-0.05, 0) is 25.7 Å². The molecule has 120 valence electrons. The zero-order valence-corrected chi connectivity index (χ0v) is 13.3. The maximum atomic E-state index is 10.4. The Bertz CT molecular complexity index is 333. The van der Waals surface area contributed by atoms with E-state index in [1.807, 2.05) is 0 Å². The predicted octanol–water partition coefficient (Wildman–Crippen LogP) is 4.87. The molecule has 1 N–H and O–H groups in total. The highest BCUT2D eigenvalue weighted by Gasteiger charge is 2.35. The zero-order chi connectivity index (χ0) is 15.3. The summed E-state index contributed by atoms with van der Waals surface area (Å²) in [7, 11) is 0. The molecule has 0 aromatic rings. The Morgan fingerprint density at radius 1 is 1.10 bits per heavy atom. The standard InChI is InChI=1S/C18H30O3/c1-2-3-4-5-6-7-10-13-16-17(21-16)14-11-8-9-12-15-18(19)20/h6-7,10,13,16-17H,2-5,8-9,11-12,14-15H2,1H3,(H,19,20)/b7-6-,13-10+/t16-,17+/m0/s1. The smallest absolute Gasteiger partial charge is 0.303 e. The van der Waals surface area contributed by atoms with Crippen LogP contribution in [0.5, 0.6) is 0 Å². The summed E-state index contributed by atoms with van der Waals surface area (Å²) in [6.45, 7) is 2.22. The number of carboxylic acid groups (broad SMARTS) is 1. The van der Waals surface area contributed by atoms with Gasteiger partial charge in [-0.15, -0.1) is 0 Å². The van der Waals surface area contributed by atoms with Crippen molar-refractivity contribution in [3.63, 3.8) is 0 Å². The molecular weight excluding hydrogens is 264 g/mol. The number of hydrogen-bond acceptors (Lipinski definition) is 2. The Hall–Kier alpha value is -1.09. The molecule has 21 heavy (non-hydrogen) atoms. The quantitative estimate of drug-likeness (QED) is 0.299. The van der Waals surface area contributed by atoms with E-state index in [0.717, 1.165) is 32.1 Å². The number of hydrogen-bond donors (Lipinski definition) is 1. The fraction of sp³-hybridized carbons (Fsp3) is 0.722. The summed E-state index contributed by atoms with van der Waals surface area (Å²) in [5, 5.41) is 8.53.